The largest absolute Gasteiger partial charge is 0.480 e. The predicted octanol–water partition coefficient (Wildman–Crippen LogP) is 1.98. The van der Waals surface area contributed by atoms with Crippen molar-refractivity contribution < 1.29 is 14.7 Å². The van der Waals surface area contributed by atoms with Gasteiger partial charge in [-0.25, -0.2) is 0 Å². The highest BCUT2D eigenvalue weighted by Gasteiger charge is 2.32. The maximum Gasteiger partial charge on any atom is 0.318 e. The molecule has 17 heavy (non-hydrogen) atoms. The van der Waals surface area contributed by atoms with Gasteiger partial charge in [-0.2, -0.15) is 0 Å². The number of anilines is 1. The minimum atomic E-state index is -0.875. The van der Waals surface area contributed by atoms with Crippen LogP contribution in [-0.2, 0) is 9.59 Å². The van der Waals surface area contributed by atoms with Gasteiger partial charge in [0.1, 0.15) is 5.25 Å². The van der Waals surface area contributed by atoms with Crippen LogP contribution in [0.15, 0.2) is 28.7 Å². The molecule has 1 aromatic carbocycles. The molecule has 1 amide bonds. The van der Waals surface area contributed by atoms with E-state index in [2.05, 4.69) is 15.9 Å². The highest BCUT2D eigenvalue weighted by atomic mass is 79.9. The van der Waals surface area contributed by atoms with Crippen molar-refractivity contribution in [1.82, 2.24) is 0 Å². The van der Waals surface area contributed by atoms with E-state index in [1.165, 1.54) is 16.7 Å². The van der Waals surface area contributed by atoms with E-state index in [-0.39, 0.29) is 18.2 Å². The maximum atomic E-state index is 11.8. The quantitative estimate of drug-likeness (QED) is 0.906. The number of aliphatic carboxylic acids is 1. The molecule has 1 aliphatic heterocycles. The predicted molar refractivity (Wildman–Crippen MR) is 70.4 cm³/mol. The molecule has 1 N–H and O–H groups in total. The van der Waals surface area contributed by atoms with E-state index in [0.717, 1.165) is 10.2 Å². The van der Waals surface area contributed by atoms with Gasteiger partial charge >= 0.3 is 5.97 Å². The molecule has 0 spiro atoms. The van der Waals surface area contributed by atoms with Crippen LogP contribution in [0.2, 0.25) is 0 Å². The summed E-state index contributed by atoms with van der Waals surface area (Å²) in [5, 5.41) is 8.43. The average molecular weight is 316 g/mol. The molecule has 1 aliphatic rings. The van der Waals surface area contributed by atoms with Gasteiger partial charge in [0.15, 0.2) is 0 Å². The zero-order valence-electron chi connectivity index (χ0n) is 8.80. The van der Waals surface area contributed by atoms with Crippen molar-refractivity contribution in [2.24, 2.45) is 0 Å². The zero-order valence-corrected chi connectivity index (χ0v) is 11.2. The number of halogens is 1. The van der Waals surface area contributed by atoms with Gasteiger partial charge in [0.05, 0.1) is 11.4 Å². The SMILES string of the molecule is O=C(O)C1CN(c2ccccc2Br)C(=O)CS1. The third-order valence-corrected chi connectivity index (χ3v) is 4.31. The summed E-state index contributed by atoms with van der Waals surface area (Å²) in [6.45, 7) is 0.210. The summed E-state index contributed by atoms with van der Waals surface area (Å²) in [5.41, 5.74) is 0.726. The third kappa shape index (κ3) is 2.63. The second-order valence-electron chi connectivity index (χ2n) is 3.59. The topological polar surface area (TPSA) is 57.6 Å². The standard InChI is InChI=1S/C11H10BrNO3S/c12-7-3-1-2-4-8(7)13-5-9(11(15)16)17-6-10(13)14/h1-4,9H,5-6H2,(H,15,16). The van der Waals surface area contributed by atoms with Gasteiger partial charge in [0.2, 0.25) is 5.91 Å². The van der Waals surface area contributed by atoms with Crippen molar-refractivity contribution in [2.75, 3.05) is 17.2 Å². The van der Waals surface area contributed by atoms with Crippen molar-refractivity contribution in [1.29, 1.82) is 0 Å². The molecule has 1 aromatic rings. The number of hydrogen-bond donors (Lipinski definition) is 1. The number of amides is 1. The molecule has 0 aliphatic carbocycles. The summed E-state index contributed by atoms with van der Waals surface area (Å²) in [5.74, 6) is -0.725. The lowest BCUT2D eigenvalue weighted by molar-refractivity contribution is -0.136. The molecule has 0 saturated carbocycles. The number of carboxylic acid groups (broad SMARTS) is 1. The Morgan fingerprint density at radius 1 is 1.47 bits per heavy atom. The van der Waals surface area contributed by atoms with Crippen LogP contribution in [0, 0.1) is 0 Å². The Kier molecular flexibility index (Phi) is 3.73. The van der Waals surface area contributed by atoms with Crippen molar-refractivity contribution in [2.45, 2.75) is 5.25 Å². The molecule has 1 atom stereocenters. The van der Waals surface area contributed by atoms with Crippen molar-refractivity contribution in [3.8, 4) is 0 Å². The van der Waals surface area contributed by atoms with E-state index >= 15 is 0 Å². The molecule has 2 rings (SSSR count). The monoisotopic (exact) mass is 315 g/mol. The number of carbonyl (C=O) groups excluding carboxylic acids is 1. The first-order chi connectivity index (χ1) is 8.09. The van der Waals surface area contributed by atoms with Crippen molar-refractivity contribution in [3.63, 3.8) is 0 Å². The molecule has 0 radical (unpaired) electrons. The summed E-state index contributed by atoms with van der Waals surface area (Å²) in [6, 6.07) is 7.31. The minimum absolute atomic E-state index is 0.0561. The summed E-state index contributed by atoms with van der Waals surface area (Å²) in [7, 11) is 0. The fraction of sp³-hybridized carbons (Fsp3) is 0.273. The van der Waals surface area contributed by atoms with Gasteiger partial charge in [-0.05, 0) is 28.1 Å². The molecular weight excluding hydrogens is 306 g/mol. The third-order valence-electron chi connectivity index (χ3n) is 2.48. The minimum Gasteiger partial charge on any atom is -0.480 e. The molecule has 90 valence electrons. The fourth-order valence-electron chi connectivity index (χ4n) is 1.62. The Hall–Kier alpha value is -1.01. The van der Waals surface area contributed by atoms with E-state index in [9.17, 15) is 9.59 Å². The van der Waals surface area contributed by atoms with Gasteiger partial charge < -0.3 is 10.0 Å². The molecule has 1 heterocycles. The van der Waals surface area contributed by atoms with Gasteiger partial charge in [0.25, 0.3) is 0 Å². The van der Waals surface area contributed by atoms with Crippen molar-refractivity contribution >= 4 is 45.3 Å². The lowest BCUT2D eigenvalue weighted by atomic mass is 10.2. The van der Waals surface area contributed by atoms with Crippen LogP contribution >= 0.6 is 27.7 Å². The van der Waals surface area contributed by atoms with E-state index in [0.29, 0.717) is 0 Å². The molecule has 6 heteroatoms. The smallest absolute Gasteiger partial charge is 0.318 e. The Labute approximate surface area is 111 Å². The normalized spacial score (nSPS) is 20.4. The van der Waals surface area contributed by atoms with Crippen LogP contribution in [-0.4, -0.2) is 34.5 Å². The molecule has 0 bridgehead atoms. The van der Waals surface area contributed by atoms with Crippen LogP contribution in [0.4, 0.5) is 5.69 Å². The lowest BCUT2D eigenvalue weighted by Gasteiger charge is -2.30. The highest BCUT2D eigenvalue weighted by molar-refractivity contribution is 9.10. The second-order valence-corrected chi connectivity index (χ2v) is 5.64. The van der Waals surface area contributed by atoms with Crippen LogP contribution in [0.25, 0.3) is 0 Å². The van der Waals surface area contributed by atoms with E-state index in [1.807, 2.05) is 18.2 Å². The van der Waals surface area contributed by atoms with Crippen LogP contribution in [0.3, 0.4) is 0 Å². The number of para-hydroxylation sites is 1. The summed E-state index contributed by atoms with van der Waals surface area (Å²) in [6.07, 6.45) is 0. The van der Waals surface area contributed by atoms with E-state index in [1.54, 1.807) is 6.07 Å². The van der Waals surface area contributed by atoms with E-state index < -0.39 is 11.2 Å². The number of carbonyl (C=O) groups is 2. The molecule has 1 fully saturated rings. The van der Waals surface area contributed by atoms with Crippen molar-refractivity contribution in [3.05, 3.63) is 28.7 Å². The van der Waals surface area contributed by atoms with Crippen LogP contribution in [0.1, 0.15) is 0 Å². The van der Waals surface area contributed by atoms with Crippen LogP contribution < -0.4 is 4.90 Å². The Bertz CT molecular complexity index is 466. The number of nitrogens with zero attached hydrogens (tertiary/aromatic N) is 1. The highest BCUT2D eigenvalue weighted by Crippen LogP contribution is 2.30. The van der Waals surface area contributed by atoms with Gasteiger partial charge in [0, 0.05) is 11.0 Å². The average Bonchev–Trinajstić information content (AvgIpc) is 2.30. The molecule has 4 nitrogen and oxygen atoms in total. The van der Waals surface area contributed by atoms with Gasteiger partial charge in [-0.15, -0.1) is 11.8 Å². The first-order valence-corrected chi connectivity index (χ1v) is 6.83. The second kappa shape index (κ2) is 5.10. The molecular formula is C11H10BrNO3S. The summed E-state index contributed by atoms with van der Waals surface area (Å²) in [4.78, 5) is 24.3. The number of hydrogen-bond acceptors (Lipinski definition) is 3. The molecule has 1 unspecified atom stereocenters. The first kappa shape index (κ1) is 12.4. The Morgan fingerprint density at radius 3 is 2.82 bits per heavy atom. The summed E-state index contributed by atoms with van der Waals surface area (Å²) >= 11 is 4.55. The summed E-state index contributed by atoms with van der Waals surface area (Å²) < 4.78 is 0.796. The number of benzene rings is 1. The van der Waals surface area contributed by atoms with Crippen LogP contribution in [0.5, 0.6) is 0 Å². The Balaban J connectivity index is 2.27. The lowest BCUT2D eigenvalue weighted by Crippen LogP contribution is -2.45. The van der Waals surface area contributed by atoms with E-state index in [4.69, 9.17) is 5.11 Å². The molecule has 1 saturated heterocycles. The number of carboxylic acids is 1. The molecule has 0 aromatic heterocycles. The maximum absolute atomic E-state index is 11.8. The first-order valence-electron chi connectivity index (χ1n) is 4.99. The number of thioether (sulfide) groups is 1. The number of rotatable bonds is 2. The Morgan fingerprint density at radius 2 is 2.18 bits per heavy atom. The zero-order chi connectivity index (χ0) is 12.4. The van der Waals surface area contributed by atoms with Gasteiger partial charge in [-0.3, -0.25) is 9.59 Å². The fourth-order valence-corrected chi connectivity index (χ4v) is 3.02. The van der Waals surface area contributed by atoms with Gasteiger partial charge in [-0.1, -0.05) is 12.1 Å².